The van der Waals surface area contributed by atoms with Gasteiger partial charge in [0.05, 0.1) is 0 Å². The van der Waals surface area contributed by atoms with Crippen LogP contribution in [0.25, 0.3) is 4.13 Å². The van der Waals surface area contributed by atoms with Crippen molar-refractivity contribution in [1.82, 2.24) is 0 Å². The van der Waals surface area contributed by atoms with Gasteiger partial charge in [-0.05, 0) is 19.9 Å². The van der Waals surface area contributed by atoms with Crippen molar-refractivity contribution in [1.29, 1.82) is 0 Å². The van der Waals surface area contributed by atoms with E-state index in [4.69, 9.17) is 0 Å². The van der Waals surface area contributed by atoms with Gasteiger partial charge in [-0.25, -0.2) is 21.4 Å². The molecule has 1 heterocycles. The van der Waals surface area contributed by atoms with Crippen LogP contribution in [0, 0.1) is 6.92 Å². The molecular formula is C10H12F6N2O4S2. The van der Waals surface area contributed by atoms with Gasteiger partial charge < -0.3 is 4.13 Å². The van der Waals surface area contributed by atoms with Gasteiger partial charge in [-0.2, -0.15) is 26.3 Å². The van der Waals surface area contributed by atoms with Crippen molar-refractivity contribution in [3.05, 3.63) is 34.2 Å². The number of hydrogen-bond acceptors (Lipinski definition) is 4. The SMILES string of the molecule is CC[n+]1cccc(C)c1.O=S(=O)([N-]S(=O)(=O)C(F)(F)F)C(F)(F)F. The number of nitrogens with zero attached hydrogens (tertiary/aromatic N) is 2. The minimum Gasteiger partial charge on any atom is -0.421 e. The molecule has 0 bridgehead atoms. The Balaban J connectivity index is 0.000000496. The molecule has 0 saturated carbocycles. The number of sulfonamides is 2. The van der Waals surface area contributed by atoms with Crippen molar-refractivity contribution in [2.75, 3.05) is 0 Å². The predicted molar refractivity (Wildman–Crippen MR) is 70.4 cm³/mol. The van der Waals surface area contributed by atoms with Gasteiger partial charge in [0, 0.05) is 11.6 Å². The van der Waals surface area contributed by atoms with E-state index < -0.39 is 31.1 Å². The molecule has 0 aliphatic rings. The summed E-state index contributed by atoms with van der Waals surface area (Å²) >= 11 is 0. The summed E-state index contributed by atoms with van der Waals surface area (Å²) in [6.07, 6.45) is 4.22. The van der Waals surface area contributed by atoms with E-state index in [2.05, 4.69) is 42.9 Å². The second-order valence-corrected chi connectivity index (χ2v) is 7.55. The lowest BCUT2D eigenvalue weighted by Crippen LogP contribution is -2.30. The molecule has 0 fully saturated rings. The highest BCUT2D eigenvalue weighted by Gasteiger charge is 2.46. The molecule has 0 spiro atoms. The van der Waals surface area contributed by atoms with E-state index in [0.29, 0.717) is 0 Å². The van der Waals surface area contributed by atoms with Crippen LogP contribution in [0.2, 0.25) is 0 Å². The van der Waals surface area contributed by atoms with Gasteiger partial charge in [0.2, 0.25) is 0 Å². The normalized spacial score (nSPS) is 13.2. The lowest BCUT2D eigenvalue weighted by Gasteiger charge is -2.22. The van der Waals surface area contributed by atoms with Crippen LogP contribution < -0.4 is 4.57 Å². The van der Waals surface area contributed by atoms with Crippen molar-refractivity contribution in [2.24, 2.45) is 0 Å². The number of rotatable bonds is 3. The summed E-state index contributed by atoms with van der Waals surface area (Å²) in [7, 11) is -13.4. The second-order valence-electron chi connectivity index (χ2n) is 4.13. The Kier molecular flexibility index (Phi) is 7.20. The van der Waals surface area contributed by atoms with E-state index >= 15 is 0 Å². The first kappa shape index (κ1) is 22.6. The maximum Gasteiger partial charge on any atom is 0.480 e. The fraction of sp³-hybridized carbons (Fsp3) is 0.500. The molecule has 0 saturated heterocycles. The molecule has 0 aromatic carbocycles. The zero-order valence-corrected chi connectivity index (χ0v) is 13.8. The molecule has 14 heteroatoms. The van der Waals surface area contributed by atoms with E-state index in [-0.39, 0.29) is 0 Å². The van der Waals surface area contributed by atoms with Crippen LogP contribution in [0.4, 0.5) is 26.3 Å². The van der Waals surface area contributed by atoms with Crippen LogP contribution in [0.5, 0.6) is 0 Å². The van der Waals surface area contributed by atoms with Gasteiger partial charge in [0.15, 0.2) is 32.4 Å². The van der Waals surface area contributed by atoms with Gasteiger partial charge in [-0.1, -0.05) is 0 Å². The van der Waals surface area contributed by atoms with Crippen LogP contribution in [-0.2, 0) is 26.6 Å². The number of alkyl halides is 6. The number of pyridine rings is 1. The standard InChI is InChI=1S/C8H12N.C2F6NO4S2/c1-3-9-6-4-5-8(2)7-9;3-1(4,5)14(10,11)9-15(12,13)2(6,7)8/h4-7H,3H2,1-2H3;/q+1;-1. The molecule has 0 aliphatic carbocycles. The Hall–Kier alpha value is -1.41. The molecule has 0 aliphatic heterocycles. The highest BCUT2D eigenvalue weighted by molar-refractivity contribution is 8.13. The van der Waals surface area contributed by atoms with Crippen molar-refractivity contribution >= 4 is 20.0 Å². The van der Waals surface area contributed by atoms with Crippen molar-refractivity contribution in [3.8, 4) is 0 Å². The summed E-state index contributed by atoms with van der Waals surface area (Å²) in [6.45, 7) is 5.30. The maximum absolute atomic E-state index is 11.4. The highest BCUT2D eigenvalue weighted by Crippen LogP contribution is 2.36. The monoisotopic (exact) mass is 402 g/mol. The van der Waals surface area contributed by atoms with E-state index in [1.165, 1.54) is 5.56 Å². The minimum atomic E-state index is -6.72. The minimum absolute atomic E-state index is 0.778. The third-order valence-electron chi connectivity index (χ3n) is 2.15. The highest BCUT2D eigenvalue weighted by atomic mass is 32.3. The van der Waals surface area contributed by atoms with Crippen LogP contribution in [0.1, 0.15) is 12.5 Å². The average Bonchev–Trinajstić information content (AvgIpc) is 2.35. The zero-order valence-electron chi connectivity index (χ0n) is 12.1. The lowest BCUT2D eigenvalue weighted by atomic mass is 10.3. The number of aryl methyl sites for hydroxylation is 2. The van der Waals surface area contributed by atoms with Gasteiger partial charge in [0.1, 0.15) is 6.54 Å². The summed E-state index contributed by atoms with van der Waals surface area (Å²) in [5.41, 5.74) is -11.1. The van der Waals surface area contributed by atoms with Crippen molar-refractivity contribution in [2.45, 2.75) is 31.4 Å². The Morgan fingerprint density at radius 2 is 1.42 bits per heavy atom. The molecule has 0 amide bonds. The second kappa shape index (κ2) is 7.65. The molecule has 0 atom stereocenters. The Bertz CT molecular complexity index is 714. The molecule has 1 rings (SSSR count). The van der Waals surface area contributed by atoms with Crippen LogP contribution in [0.15, 0.2) is 24.5 Å². The number of hydrogen-bond donors (Lipinski definition) is 0. The van der Waals surface area contributed by atoms with E-state index in [9.17, 15) is 43.2 Å². The average molecular weight is 402 g/mol. The first-order valence-corrected chi connectivity index (χ1v) is 8.74. The smallest absolute Gasteiger partial charge is 0.421 e. The fourth-order valence-electron chi connectivity index (χ4n) is 1.06. The first-order chi connectivity index (χ1) is 10.5. The Morgan fingerprint density at radius 3 is 1.67 bits per heavy atom. The van der Waals surface area contributed by atoms with Crippen LogP contribution >= 0.6 is 0 Å². The number of halogens is 6. The fourth-order valence-corrected chi connectivity index (χ4v) is 2.77. The Labute approximate surface area is 134 Å². The summed E-state index contributed by atoms with van der Waals surface area (Å²) in [5.74, 6) is 0. The largest absolute Gasteiger partial charge is 0.480 e. The van der Waals surface area contributed by atoms with Crippen LogP contribution in [-0.4, -0.2) is 27.9 Å². The molecule has 24 heavy (non-hydrogen) atoms. The van der Waals surface area contributed by atoms with Gasteiger partial charge in [-0.15, -0.1) is 0 Å². The first-order valence-electron chi connectivity index (χ1n) is 5.86. The number of aromatic nitrogens is 1. The van der Waals surface area contributed by atoms with Crippen molar-refractivity contribution in [3.63, 3.8) is 0 Å². The summed E-state index contributed by atoms with van der Waals surface area (Å²) in [4.78, 5) is 0. The van der Waals surface area contributed by atoms with Gasteiger partial charge in [0.25, 0.3) is 0 Å². The quantitative estimate of drug-likeness (QED) is 0.574. The van der Waals surface area contributed by atoms with E-state index in [1.54, 1.807) is 0 Å². The molecule has 1 aromatic heterocycles. The van der Waals surface area contributed by atoms with E-state index in [1.807, 2.05) is 0 Å². The third kappa shape index (κ3) is 6.60. The molecule has 0 radical (unpaired) electrons. The molecule has 140 valence electrons. The lowest BCUT2D eigenvalue weighted by molar-refractivity contribution is -0.693. The molecule has 0 N–H and O–H groups in total. The third-order valence-corrected chi connectivity index (χ3v) is 4.89. The van der Waals surface area contributed by atoms with Gasteiger partial charge in [-0.3, -0.25) is 0 Å². The summed E-state index contributed by atoms with van der Waals surface area (Å²) in [5, 5.41) is 0. The predicted octanol–water partition coefficient (Wildman–Crippen LogP) is 2.36. The van der Waals surface area contributed by atoms with Crippen LogP contribution in [0.3, 0.4) is 0 Å². The van der Waals surface area contributed by atoms with Gasteiger partial charge >= 0.3 is 11.0 Å². The van der Waals surface area contributed by atoms with E-state index in [0.717, 1.165) is 10.7 Å². The summed E-state index contributed by atoms with van der Waals surface area (Å²) in [6, 6.07) is 4.17. The summed E-state index contributed by atoms with van der Waals surface area (Å²) < 4.78 is 111. The Morgan fingerprint density at radius 1 is 1.00 bits per heavy atom. The van der Waals surface area contributed by atoms with Crippen molar-refractivity contribution < 1.29 is 47.7 Å². The topological polar surface area (TPSA) is 86.3 Å². The molecule has 6 nitrogen and oxygen atoms in total. The molecular weight excluding hydrogens is 390 g/mol. The maximum atomic E-state index is 11.4. The molecule has 0 unspecified atom stereocenters. The molecule has 1 aromatic rings. The zero-order chi connectivity index (χ0) is 19.4.